The van der Waals surface area contributed by atoms with Crippen molar-refractivity contribution in [3.05, 3.63) is 89.0 Å². The Kier molecular flexibility index (Phi) is 5.73. The fourth-order valence-corrected chi connectivity index (χ4v) is 3.66. The van der Waals surface area contributed by atoms with Gasteiger partial charge in [-0.25, -0.2) is 9.37 Å². The lowest BCUT2D eigenvalue weighted by Crippen LogP contribution is -2.22. The van der Waals surface area contributed by atoms with E-state index in [0.717, 1.165) is 28.1 Å². The van der Waals surface area contributed by atoms with Crippen molar-refractivity contribution in [2.24, 2.45) is 0 Å². The number of nitrogens with zero attached hydrogens (tertiary/aromatic N) is 2. The molecule has 32 heavy (non-hydrogen) atoms. The molecule has 0 spiro atoms. The summed E-state index contributed by atoms with van der Waals surface area (Å²) < 4.78 is 15.2. The van der Waals surface area contributed by atoms with Gasteiger partial charge in [-0.15, -0.1) is 0 Å². The maximum absolute atomic E-state index is 13.4. The molecule has 3 aromatic carbocycles. The van der Waals surface area contributed by atoms with Crippen LogP contribution in [0.4, 0.5) is 10.1 Å². The normalized spacial score (nSPS) is 10.9. The van der Waals surface area contributed by atoms with Crippen LogP contribution in [0, 0.1) is 19.7 Å². The smallest absolute Gasteiger partial charge is 0.255 e. The molecule has 2 amide bonds. The molecular weight excluding hydrogens is 407 g/mol. The highest BCUT2D eigenvalue weighted by Crippen LogP contribution is 2.24. The van der Waals surface area contributed by atoms with Crippen LogP contribution in [0.25, 0.3) is 16.7 Å². The molecule has 6 nitrogen and oxygen atoms in total. The molecule has 0 aliphatic heterocycles. The summed E-state index contributed by atoms with van der Waals surface area (Å²) in [6, 6.07) is 16.6. The maximum atomic E-state index is 13.4. The monoisotopic (exact) mass is 430 g/mol. The number of aromatic nitrogens is 2. The van der Waals surface area contributed by atoms with Gasteiger partial charge in [-0.3, -0.25) is 14.2 Å². The van der Waals surface area contributed by atoms with Gasteiger partial charge in [0, 0.05) is 29.0 Å². The fraction of sp³-hybridized carbons (Fsp3) is 0.160. The van der Waals surface area contributed by atoms with Gasteiger partial charge in [0.15, 0.2) is 0 Å². The van der Waals surface area contributed by atoms with Crippen molar-refractivity contribution in [1.82, 2.24) is 14.9 Å². The van der Waals surface area contributed by atoms with Crippen LogP contribution in [-0.2, 0) is 0 Å². The van der Waals surface area contributed by atoms with E-state index in [4.69, 9.17) is 0 Å². The third-order valence-electron chi connectivity index (χ3n) is 5.24. The minimum absolute atomic E-state index is 0.150. The lowest BCUT2D eigenvalue weighted by molar-refractivity contribution is 0.0955. The lowest BCUT2D eigenvalue weighted by Gasteiger charge is -2.11. The second-order valence-electron chi connectivity index (χ2n) is 7.52. The first kappa shape index (κ1) is 21.2. The van der Waals surface area contributed by atoms with Gasteiger partial charge >= 0.3 is 0 Å². The van der Waals surface area contributed by atoms with E-state index in [9.17, 15) is 14.0 Å². The first-order valence-electron chi connectivity index (χ1n) is 10.3. The van der Waals surface area contributed by atoms with Crippen LogP contribution in [0.1, 0.15) is 39.0 Å². The van der Waals surface area contributed by atoms with Crippen molar-refractivity contribution in [3.63, 3.8) is 0 Å². The van der Waals surface area contributed by atoms with Gasteiger partial charge in [0.05, 0.1) is 11.0 Å². The van der Waals surface area contributed by atoms with Crippen LogP contribution in [0.5, 0.6) is 0 Å². The van der Waals surface area contributed by atoms with Gasteiger partial charge in [-0.1, -0.05) is 0 Å². The summed E-state index contributed by atoms with van der Waals surface area (Å²) in [5, 5.41) is 5.67. The molecular formula is C25H23FN4O2. The van der Waals surface area contributed by atoms with Crippen LogP contribution < -0.4 is 10.6 Å². The van der Waals surface area contributed by atoms with Crippen molar-refractivity contribution in [2.45, 2.75) is 20.8 Å². The summed E-state index contributed by atoms with van der Waals surface area (Å²) in [6.45, 7) is 6.11. The lowest BCUT2D eigenvalue weighted by atomic mass is 10.1. The van der Waals surface area contributed by atoms with Crippen LogP contribution >= 0.6 is 0 Å². The highest BCUT2D eigenvalue weighted by atomic mass is 19.1. The Bertz CT molecular complexity index is 1330. The molecule has 0 saturated carbocycles. The third-order valence-corrected chi connectivity index (χ3v) is 5.24. The number of halogens is 1. The number of fused-ring (bicyclic) bond motifs is 1. The van der Waals surface area contributed by atoms with E-state index in [1.54, 1.807) is 48.5 Å². The molecule has 0 bridgehead atoms. The molecule has 4 aromatic rings. The quantitative estimate of drug-likeness (QED) is 0.478. The SMILES string of the molecule is CCNC(=O)c1ccc(NC(=O)c2ccc3nc(C)n(-c4ccc(F)cc4)c3c2)c(C)c1. The number of rotatable bonds is 5. The van der Waals surface area contributed by atoms with Gasteiger partial charge < -0.3 is 10.6 Å². The van der Waals surface area contributed by atoms with Crippen molar-refractivity contribution in [3.8, 4) is 5.69 Å². The predicted molar refractivity (Wildman–Crippen MR) is 123 cm³/mol. The highest BCUT2D eigenvalue weighted by molar-refractivity contribution is 6.06. The Morgan fingerprint density at radius 3 is 2.31 bits per heavy atom. The van der Waals surface area contributed by atoms with Gasteiger partial charge in [-0.2, -0.15) is 0 Å². The largest absolute Gasteiger partial charge is 0.352 e. The Morgan fingerprint density at radius 2 is 1.62 bits per heavy atom. The zero-order chi connectivity index (χ0) is 22.8. The van der Waals surface area contributed by atoms with Crippen molar-refractivity contribution >= 4 is 28.5 Å². The van der Waals surface area contributed by atoms with Crippen molar-refractivity contribution in [1.29, 1.82) is 0 Å². The second-order valence-corrected chi connectivity index (χ2v) is 7.52. The average Bonchev–Trinajstić information content (AvgIpc) is 3.10. The van der Waals surface area contributed by atoms with E-state index in [1.807, 2.05) is 25.3 Å². The molecule has 0 saturated heterocycles. The number of amides is 2. The van der Waals surface area contributed by atoms with Gasteiger partial charge in [0.25, 0.3) is 11.8 Å². The predicted octanol–water partition coefficient (Wildman–Crippen LogP) is 4.78. The topological polar surface area (TPSA) is 76.0 Å². The summed E-state index contributed by atoms with van der Waals surface area (Å²) >= 11 is 0. The first-order chi connectivity index (χ1) is 15.4. The number of carbonyl (C=O) groups excluding carboxylic acids is 2. The van der Waals surface area contributed by atoms with Crippen molar-refractivity contribution < 1.29 is 14.0 Å². The van der Waals surface area contributed by atoms with E-state index in [0.29, 0.717) is 23.4 Å². The summed E-state index contributed by atoms with van der Waals surface area (Å²) in [5.41, 5.74) is 4.69. The van der Waals surface area contributed by atoms with E-state index in [2.05, 4.69) is 15.6 Å². The molecule has 0 radical (unpaired) electrons. The molecule has 162 valence electrons. The number of imidazole rings is 1. The first-order valence-corrected chi connectivity index (χ1v) is 10.3. The zero-order valence-electron chi connectivity index (χ0n) is 18.1. The fourth-order valence-electron chi connectivity index (χ4n) is 3.66. The molecule has 7 heteroatoms. The standard InChI is InChI=1S/C25H23FN4O2/c1-4-27-24(31)17-5-11-21(15(2)13-17)29-25(32)18-6-12-22-23(14-18)30(16(3)28-22)20-9-7-19(26)8-10-20/h5-14H,4H2,1-3H3,(H,27,31)(H,29,32). The number of aryl methyl sites for hydroxylation is 2. The van der Waals surface area contributed by atoms with Crippen LogP contribution in [0.3, 0.4) is 0 Å². The number of nitrogens with one attached hydrogen (secondary N) is 2. The van der Waals surface area contributed by atoms with Crippen LogP contribution in [0.15, 0.2) is 60.7 Å². The van der Waals surface area contributed by atoms with Gasteiger partial charge in [-0.05, 0) is 87.0 Å². The Morgan fingerprint density at radius 1 is 0.938 bits per heavy atom. The van der Waals surface area contributed by atoms with Gasteiger partial charge in [0.2, 0.25) is 0 Å². The number of carbonyl (C=O) groups is 2. The molecule has 0 fully saturated rings. The summed E-state index contributed by atoms with van der Waals surface area (Å²) in [6.07, 6.45) is 0. The van der Waals surface area contributed by atoms with Crippen LogP contribution in [-0.4, -0.2) is 27.9 Å². The van der Waals surface area contributed by atoms with Gasteiger partial charge in [0.1, 0.15) is 11.6 Å². The average molecular weight is 430 g/mol. The maximum Gasteiger partial charge on any atom is 0.255 e. The van der Waals surface area contributed by atoms with E-state index in [1.165, 1.54) is 12.1 Å². The number of benzene rings is 3. The molecule has 2 N–H and O–H groups in total. The Labute approximate surface area is 185 Å². The van der Waals surface area contributed by atoms with E-state index in [-0.39, 0.29) is 17.6 Å². The molecule has 0 unspecified atom stereocenters. The minimum Gasteiger partial charge on any atom is -0.352 e. The van der Waals surface area contributed by atoms with Crippen LogP contribution in [0.2, 0.25) is 0 Å². The van der Waals surface area contributed by atoms with Crippen molar-refractivity contribution in [2.75, 3.05) is 11.9 Å². The number of hydrogen-bond donors (Lipinski definition) is 2. The minimum atomic E-state index is -0.315. The Balaban J connectivity index is 1.64. The molecule has 0 aliphatic carbocycles. The molecule has 0 atom stereocenters. The van der Waals surface area contributed by atoms with E-state index >= 15 is 0 Å². The zero-order valence-corrected chi connectivity index (χ0v) is 18.1. The molecule has 4 rings (SSSR count). The summed E-state index contributed by atoms with van der Waals surface area (Å²) in [7, 11) is 0. The molecule has 1 aromatic heterocycles. The van der Waals surface area contributed by atoms with E-state index < -0.39 is 0 Å². The highest BCUT2D eigenvalue weighted by Gasteiger charge is 2.15. The molecule has 0 aliphatic rings. The second kappa shape index (κ2) is 8.63. The number of hydrogen-bond acceptors (Lipinski definition) is 3. The summed E-state index contributed by atoms with van der Waals surface area (Å²) in [5.74, 6) is -0.000896. The summed E-state index contributed by atoms with van der Waals surface area (Å²) in [4.78, 5) is 29.5. The Hall–Kier alpha value is -4.00. The third kappa shape index (κ3) is 4.09. The molecule has 1 heterocycles. The number of anilines is 1.